The van der Waals surface area contributed by atoms with Crippen molar-refractivity contribution >= 4 is 39.5 Å². The number of aromatic nitrogens is 3. The second kappa shape index (κ2) is 14.8. The molecular formula is C35H38BrClN6O3. The molecule has 0 saturated carbocycles. The van der Waals surface area contributed by atoms with E-state index >= 15 is 0 Å². The van der Waals surface area contributed by atoms with E-state index in [2.05, 4.69) is 37.9 Å². The number of hydrogen-bond donors (Lipinski definition) is 0. The van der Waals surface area contributed by atoms with E-state index in [1.165, 1.54) is 5.56 Å². The van der Waals surface area contributed by atoms with Crippen LogP contribution in [0.4, 0.5) is 4.79 Å². The van der Waals surface area contributed by atoms with Gasteiger partial charge < -0.3 is 14.2 Å². The summed E-state index contributed by atoms with van der Waals surface area (Å²) in [5, 5.41) is 0.699. The van der Waals surface area contributed by atoms with E-state index in [-0.39, 0.29) is 18.6 Å². The van der Waals surface area contributed by atoms with Gasteiger partial charge in [-0.15, -0.1) is 0 Å². The fraction of sp³-hybridized carbons (Fsp3) is 0.371. The summed E-state index contributed by atoms with van der Waals surface area (Å²) in [4.78, 5) is 42.9. The lowest BCUT2D eigenvalue weighted by Crippen LogP contribution is -2.61. The third-order valence-electron chi connectivity index (χ3n) is 8.79. The number of ether oxygens (including phenoxy) is 1. The first kappa shape index (κ1) is 32.2. The van der Waals surface area contributed by atoms with Crippen LogP contribution in [-0.2, 0) is 35.5 Å². The van der Waals surface area contributed by atoms with Crippen LogP contribution in [0.3, 0.4) is 0 Å². The topological polar surface area (TPSA) is 83.8 Å². The number of pyridine rings is 1. The molecule has 2 aromatic carbocycles. The number of benzene rings is 2. The number of aryl methyl sites for hydroxylation is 3. The van der Waals surface area contributed by atoms with Gasteiger partial charge in [0, 0.05) is 67.4 Å². The van der Waals surface area contributed by atoms with Gasteiger partial charge in [-0.1, -0.05) is 48.0 Å². The van der Waals surface area contributed by atoms with E-state index in [0.29, 0.717) is 37.7 Å². The monoisotopic (exact) mass is 704 g/mol. The third-order valence-corrected chi connectivity index (χ3v) is 9.45. The Kier molecular flexibility index (Phi) is 10.4. The van der Waals surface area contributed by atoms with Crippen molar-refractivity contribution in [1.82, 2.24) is 29.2 Å². The average molecular weight is 706 g/mol. The molecule has 0 unspecified atom stereocenters. The normalized spacial score (nSPS) is 17.9. The van der Waals surface area contributed by atoms with Gasteiger partial charge in [0.15, 0.2) is 0 Å². The quantitative estimate of drug-likeness (QED) is 0.208. The maximum Gasteiger partial charge on any atom is 0.410 e. The number of nitrogens with zero attached hydrogens (tertiary/aromatic N) is 6. The highest BCUT2D eigenvalue weighted by molar-refractivity contribution is 9.10. The molecule has 1 aliphatic carbocycles. The maximum atomic E-state index is 14.7. The lowest BCUT2D eigenvalue weighted by molar-refractivity contribution is -0.140. The van der Waals surface area contributed by atoms with Crippen LogP contribution in [0.1, 0.15) is 47.3 Å². The predicted molar refractivity (Wildman–Crippen MR) is 180 cm³/mol. The van der Waals surface area contributed by atoms with E-state index in [9.17, 15) is 9.59 Å². The molecule has 2 amide bonds. The Hall–Kier alpha value is -3.73. The second-order valence-corrected chi connectivity index (χ2v) is 13.1. The number of hydrogen-bond acceptors (Lipinski definition) is 6. The third kappa shape index (κ3) is 7.29. The van der Waals surface area contributed by atoms with Gasteiger partial charge in [0.05, 0.1) is 24.7 Å². The number of carbonyl (C=O) groups is 2. The van der Waals surface area contributed by atoms with E-state index in [0.717, 1.165) is 52.7 Å². The van der Waals surface area contributed by atoms with Crippen LogP contribution in [0.2, 0.25) is 5.02 Å². The number of imidazole rings is 1. The maximum absolute atomic E-state index is 14.7. The lowest BCUT2D eigenvalue weighted by atomic mass is 9.95. The summed E-state index contributed by atoms with van der Waals surface area (Å²) in [7, 11) is 0. The fourth-order valence-electron chi connectivity index (χ4n) is 6.60. The first-order valence-electron chi connectivity index (χ1n) is 15.8. The van der Waals surface area contributed by atoms with Crippen LogP contribution >= 0.6 is 27.5 Å². The molecule has 2 atom stereocenters. The molecule has 11 heteroatoms. The molecule has 4 aromatic rings. The van der Waals surface area contributed by atoms with Gasteiger partial charge in [-0.2, -0.15) is 0 Å². The van der Waals surface area contributed by atoms with Gasteiger partial charge >= 0.3 is 6.09 Å². The summed E-state index contributed by atoms with van der Waals surface area (Å²) in [5.41, 5.74) is 5.48. The fourth-order valence-corrected chi connectivity index (χ4v) is 7.18. The zero-order valence-electron chi connectivity index (χ0n) is 25.9. The van der Waals surface area contributed by atoms with Crippen LogP contribution in [0.15, 0.2) is 84.0 Å². The molecule has 9 nitrogen and oxygen atoms in total. The molecule has 3 heterocycles. The van der Waals surface area contributed by atoms with E-state index in [1.807, 2.05) is 64.3 Å². The second-order valence-electron chi connectivity index (χ2n) is 11.7. The molecule has 2 aliphatic rings. The first-order chi connectivity index (χ1) is 22.4. The van der Waals surface area contributed by atoms with Crippen LogP contribution in [0.25, 0.3) is 0 Å². The summed E-state index contributed by atoms with van der Waals surface area (Å²) in [6.45, 7) is 4.99. The molecular weight excluding hydrogens is 668 g/mol. The van der Waals surface area contributed by atoms with Crippen molar-refractivity contribution in [3.63, 3.8) is 0 Å². The van der Waals surface area contributed by atoms with Crippen molar-refractivity contribution in [2.24, 2.45) is 0 Å². The Bertz CT molecular complexity index is 1600. The Labute approximate surface area is 283 Å². The molecule has 0 radical (unpaired) electrons. The summed E-state index contributed by atoms with van der Waals surface area (Å²) in [5.74, 6) is -0.0961. The Morgan fingerprint density at radius 3 is 2.70 bits per heavy atom. The number of amides is 2. The highest BCUT2D eigenvalue weighted by atomic mass is 79.9. The number of rotatable bonds is 9. The molecule has 1 saturated heterocycles. The molecule has 240 valence electrons. The molecule has 0 N–H and O–H groups in total. The standard InChI is InChI=1S/C35H38BrClN6O3/c1-2-46-35(45)43-18-17-41(33-30-12-11-29(37)20-26(30)9-10-27-19-28(36)21-39-32(27)33)23-31(43)34(44)42(22-25-7-4-3-5-8-25)15-6-14-40-16-13-38-24-40/h3-5,7-8,11-13,16,19-21,24,31,33H,2,6,9-10,14-15,17-18,22-23H2,1H3/t31-,33+/m1/s1. The van der Waals surface area contributed by atoms with Crippen molar-refractivity contribution < 1.29 is 14.3 Å². The van der Waals surface area contributed by atoms with Gasteiger partial charge in [-0.3, -0.25) is 19.6 Å². The molecule has 2 aromatic heterocycles. The summed E-state index contributed by atoms with van der Waals surface area (Å²) >= 11 is 10.1. The number of piperazine rings is 1. The lowest BCUT2D eigenvalue weighted by Gasteiger charge is -2.44. The zero-order valence-corrected chi connectivity index (χ0v) is 28.2. The van der Waals surface area contributed by atoms with Crippen molar-refractivity contribution in [1.29, 1.82) is 0 Å². The molecule has 46 heavy (non-hydrogen) atoms. The van der Waals surface area contributed by atoms with Crippen LogP contribution < -0.4 is 0 Å². The van der Waals surface area contributed by atoms with E-state index in [1.54, 1.807) is 24.3 Å². The van der Waals surface area contributed by atoms with Crippen LogP contribution in [-0.4, -0.2) is 80.1 Å². The average Bonchev–Trinajstić information content (AvgIpc) is 3.53. The van der Waals surface area contributed by atoms with Gasteiger partial charge in [0.1, 0.15) is 6.04 Å². The largest absolute Gasteiger partial charge is 0.450 e. The number of carbonyl (C=O) groups excluding carboxylic acids is 2. The predicted octanol–water partition coefficient (Wildman–Crippen LogP) is 6.14. The highest BCUT2D eigenvalue weighted by Gasteiger charge is 2.42. The van der Waals surface area contributed by atoms with Crippen molar-refractivity contribution in [2.75, 3.05) is 32.8 Å². The minimum atomic E-state index is -0.734. The molecule has 6 rings (SSSR count). The van der Waals surface area contributed by atoms with Crippen LogP contribution in [0.5, 0.6) is 0 Å². The first-order valence-corrected chi connectivity index (χ1v) is 17.0. The summed E-state index contributed by atoms with van der Waals surface area (Å²) < 4.78 is 8.43. The van der Waals surface area contributed by atoms with Crippen molar-refractivity contribution in [3.8, 4) is 0 Å². The zero-order chi connectivity index (χ0) is 32.0. The number of halogens is 2. The summed E-state index contributed by atoms with van der Waals surface area (Å²) in [6.07, 6.45) is 9.25. The Morgan fingerprint density at radius 2 is 1.91 bits per heavy atom. The number of fused-ring (bicyclic) bond motifs is 2. The molecule has 0 spiro atoms. The minimum Gasteiger partial charge on any atom is -0.450 e. The van der Waals surface area contributed by atoms with Crippen LogP contribution in [0, 0.1) is 0 Å². The van der Waals surface area contributed by atoms with E-state index < -0.39 is 12.1 Å². The summed E-state index contributed by atoms with van der Waals surface area (Å²) in [6, 6.07) is 17.3. The Morgan fingerprint density at radius 1 is 1.09 bits per heavy atom. The van der Waals surface area contributed by atoms with E-state index in [4.69, 9.17) is 21.3 Å². The SMILES string of the molecule is CCOC(=O)N1CCN([C@H]2c3ccc(Cl)cc3CCc3cc(Br)cnc32)C[C@@H]1C(=O)N(CCCn1ccnc1)Cc1ccccc1. The van der Waals surface area contributed by atoms with Gasteiger partial charge in [0.2, 0.25) is 5.91 Å². The van der Waals surface area contributed by atoms with Gasteiger partial charge in [0.25, 0.3) is 0 Å². The van der Waals surface area contributed by atoms with Gasteiger partial charge in [-0.05, 0) is 82.6 Å². The highest BCUT2D eigenvalue weighted by Crippen LogP contribution is 2.38. The van der Waals surface area contributed by atoms with Crippen molar-refractivity contribution in [3.05, 3.63) is 117 Å². The smallest absolute Gasteiger partial charge is 0.410 e. The molecule has 1 fully saturated rings. The molecule has 0 bridgehead atoms. The van der Waals surface area contributed by atoms with Crippen molar-refractivity contribution in [2.45, 2.75) is 51.4 Å². The van der Waals surface area contributed by atoms with Gasteiger partial charge in [-0.25, -0.2) is 9.78 Å². The molecule has 1 aliphatic heterocycles. The minimum absolute atomic E-state index is 0.0961. The Balaban J connectivity index is 1.34.